The maximum atomic E-state index is 13.6. The van der Waals surface area contributed by atoms with Crippen LogP contribution in [0.2, 0.25) is 0 Å². The molecule has 0 fully saturated rings. The fraction of sp³-hybridized carbons (Fsp3) is 0.241. The molecule has 0 bridgehead atoms. The molecular weight excluding hydrogens is 422 g/mol. The molecule has 0 spiro atoms. The topological polar surface area (TPSA) is 54.3 Å². The molecule has 5 nitrogen and oxygen atoms in total. The first-order chi connectivity index (χ1) is 16.3. The summed E-state index contributed by atoms with van der Waals surface area (Å²) in [6.07, 6.45) is 0. The number of aromatic nitrogens is 1. The summed E-state index contributed by atoms with van der Waals surface area (Å²) in [4.78, 5) is 28.3. The minimum atomic E-state index is -0.378. The number of nitrogens with zero attached hydrogens (tertiary/aromatic N) is 2. The highest BCUT2D eigenvalue weighted by Gasteiger charge is 2.41. The van der Waals surface area contributed by atoms with Gasteiger partial charge < -0.3 is 14.8 Å². The van der Waals surface area contributed by atoms with Crippen LogP contribution in [0.5, 0.6) is 0 Å². The predicted octanol–water partition coefficient (Wildman–Crippen LogP) is 5.31. The van der Waals surface area contributed by atoms with Crippen LogP contribution >= 0.6 is 0 Å². The summed E-state index contributed by atoms with van der Waals surface area (Å²) in [5, 5.41) is 4.10. The lowest BCUT2D eigenvalue weighted by Crippen LogP contribution is -2.46. The number of rotatable bonds is 4. The highest BCUT2D eigenvalue weighted by Crippen LogP contribution is 2.46. The molecule has 5 rings (SSSR count). The van der Waals surface area contributed by atoms with Crippen molar-refractivity contribution < 1.29 is 9.59 Å². The van der Waals surface area contributed by atoms with Crippen LogP contribution < -0.4 is 5.32 Å². The number of carbonyl (C=O) groups excluding carboxylic acids is 2. The Morgan fingerprint density at radius 3 is 2.29 bits per heavy atom. The van der Waals surface area contributed by atoms with Crippen molar-refractivity contribution in [1.82, 2.24) is 14.8 Å². The van der Waals surface area contributed by atoms with Gasteiger partial charge in [0.25, 0.3) is 5.91 Å². The van der Waals surface area contributed by atoms with Gasteiger partial charge >= 0.3 is 0 Å². The molecule has 1 N–H and O–H groups in total. The van der Waals surface area contributed by atoms with Crippen LogP contribution in [0.15, 0.2) is 78.9 Å². The molecule has 172 valence electrons. The van der Waals surface area contributed by atoms with E-state index >= 15 is 0 Å². The molecule has 1 aliphatic heterocycles. The average molecular weight is 452 g/mol. The van der Waals surface area contributed by atoms with E-state index in [1.54, 1.807) is 4.90 Å². The van der Waals surface area contributed by atoms with Crippen LogP contribution in [0.4, 0.5) is 0 Å². The minimum Gasteiger partial charge on any atom is -0.350 e. The maximum Gasteiger partial charge on any atom is 0.255 e. The Hall–Kier alpha value is -3.86. The molecule has 0 saturated heterocycles. The van der Waals surface area contributed by atoms with Gasteiger partial charge in [0.1, 0.15) is 6.54 Å². The quantitative estimate of drug-likeness (QED) is 0.457. The third-order valence-electron chi connectivity index (χ3n) is 6.35. The average Bonchev–Trinajstić information content (AvgIpc) is 3.24. The van der Waals surface area contributed by atoms with Gasteiger partial charge in [-0.2, -0.15) is 0 Å². The lowest BCUT2D eigenvalue weighted by Gasteiger charge is -2.28. The number of para-hydroxylation sites is 1. The van der Waals surface area contributed by atoms with E-state index in [1.165, 1.54) is 0 Å². The first-order valence-electron chi connectivity index (χ1n) is 11.6. The van der Waals surface area contributed by atoms with Gasteiger partial charge in [-0.25, -0.2) is 0 Å². The smallest absolute Gasteiger partial charge is 0.255 e. The standard InChI is InChI=1S/C29H29N3O2/c1-29(2,3)30-24(33)18-32-27(20-14-8-9-15-21(20)28(32)34)25-22-16-10-11-17-23(22)31(4)26(25)19-12-6-5-7-13-19/h5-17,27H,18H2,1-4H3,(H,30,33)/t27-/m0/s1. The second-order valence-corrected chi connectivity index (χ2v) is 9.93. The van der Waals surface area contributed by atoms with Crippen LogP contribution in [-0.2, 0) is 11.8 Å². The summed E-state index contributed by atoms with van der Waals surface area (Å²) in [5.41, 5.74) is 5.48. The number of amides is 2. The van der Waals surface area contributed by atoms with Gasteiger partial charge in [-0.05, 0) is 44.0 Å². The van der Waals surface area contributed by atoms with Crippen LogP contribution in [0.1, 0.15) is 48.3 Å². The zero-order valence-electron chi connectivity index (χ0n) is 20.0. The molecule has 0 aliphatic carbocycles. The largest absolute Gasteiger partial charge is 0.350 e. The van der Waals surface area contributed by atoms with Gasteiger partial charge in [0.15, 0.2) is 0 Å². The summed E-state index contributed by atoms with van der Waals surface area (Å²) in [6.45, 7) is 5.83. The Bertz CT molecular complexity index is 1400. The third kappa shape index (κ3) is 3.67. The second-order valence-electron chi connectivity index (χ2n) is 9.93. The molecular formula is C29H29N3O2. The monoisotopic (exact) mass is 451 g/mol. The van der Waals surface area contributed by atoms with E-state index in [0.717, 1.165) is 33.3 Å². The Balaban J connectivity index is 1.74. The first-order valence-corrected chi connectivity index (χ1v) is 11.6. The molecule has 2 amide bonds. The molecule has 2 heterocycles. The van der Waals surface area contributed by atoms with Gasteiger partial charge in [-0.1, -0.05) is 66.7 Å². The van der Waals surface area contributed by atoms with Crippen LogP contribution in [0.25, 0.3) is 22.2 Å². The molecule has 1 aliphatic rings. The van der Waals surface area contributed by atoms with Gasteiger partial charge in [-0.15, -0.1) is 0 Å². The first kappa shape index (κ1) is 22.0. The normalized spacial score (nSPS) is 15.6. The number of nitrogens with one attached hydrogen (secondary N) is 1. The molecule has 5 heteroatoms. The SMILES string of the molecule is Cn1c(-c2ccccc2)c([C@@H]2c3ccccc3C(=O)N2CC(=O)NC(C)(C)C)c2ccccc21. The van der Waals surface area contributed by atoms with E-state index in [0.29, 0.717) is 5.56 Å². The van der Waals surface area contributed by atoms with E-state index in [2.05, 4.69) is 41.2 Å². The Kier molecular flexibility index (Phi) is 5.28. The van der Waals surface area contributed by atoms with Crippen LogP contribution in [0.3, 0.4) is 0 Å². The molecule has 0 unspecified atom stereocenters. The van der Waals surface area contributed by atoms with Crippen molar-refractivity contribution in [2.45, 2.75) is 32.4 Å². The van der Waals surface area contributed by atoms with Crippen molar-refractivity contribution in [3.63, 3.8) is 0 Å². The maximum absolute atomic E-state index is 13.6. The summed E-state index contributed by atoms with van der Waals surface area (Å²) in [6, 6.07) is 25.9. The lowest BCUT2D eigenvalue weighted by atomic mass is 9.93. The summed E-state index contributed by atoms with van der Waals surface area (Å²) in [7, 11) is 2.06. The van der Waals surface area contributed by atoms with E-state index in [9.17, 15) is 9.59 Å². The molecule has 3 aromatic carbocycles. The van der Waals surface area contributed by atoms with Crippen molar-refractivity contribution in [3.8, 4) is 11.3 Å². The van der Waals surface area contributed by atoms with Crippen LogP contribution in [-0.4, -0.2) is 33.4 Å². The number of hydrogen-bond acceptors (Lipinski definition) is 2. The lowest BCUT2D eigenvalue weighted by molar-refractivity contribution is -0.123. The Morgan fingerprint density at radius 2 is 1.56 bits per heavy atom. The fourth-order valence-corrected chi connectivity index (χ4v) is 5.10. The van der Waals surface area contributed by atoms with E-state index in [1.807, 2.05) is 75.4 Å². The van der Waals surface area contributed by atoms with Gasteiger partial charge in [0.2, 0.25) is 5.91 Å². The number of aryl methyl sites for hydroxylation is 1. The highest BCUT2D eigenvalue weighted by atomic mass is 16.2. The third-order valence-corrected chi connectivity index (χ3v) is 6.35. The molecule has 0 radical (unpaired) electrons. The van der Waals surface area contributed by atoms with Crippen molar-refractivity contribution in [2.75, 3.05) is 6.54 Å². The number of benzene rings is 3. The van der Waals surface area contributed by atoms with Crippen molar-refractivity contribution in [1.29, 1.82) is 0 Å². The zero-order chi connectivity index (χ0) is 24.0. The Labute approximate surface area is 200 Å². The minimum absolute atomic E-state index is 0.00704. The predicted molar refractivity (Wildman–Crippen MR) is 136 cm³/mol. The van der Waals surface area contributed by atoms with E-state index < -0.39 is 0 Å². The summed E-state index contributed by atoms with van der Waals surface area (Å²) in [5.74, 6) is -0.281. The highest BCUT2D eigenvalue weighted by molar-refractivity contribution is 6.03. The van der Waals surface area contributed by atoms with Crippen LogP contribution in [0, 0.1) is 0 Å². The summed E-state index contributed by atoms with van der Waals surface area (Å²) < 4.78 is 2.19. The van der Waals surface area contributed by atoms with Crippen molar-refractivity contribution in [3.05, 3.63) is 95.6 Å². The second kappa shape index (κ2) is 8.17. The molecule has 34 heavy (non-hydrogen) atoms. The molecule has 1 aromatic heterocycles. The van der Waals surface area contributed by atoms with Gasteiger partial charge in [-0.3, -0.25) is 9.59 Å². The fourth-order valence-electron chi connectivity index (χ4n) is 5.10. The van der Waals surface area contributed by atoms with E-state index in [4.69, 9.17) is 0 Å². The van der Waals surface area contributed by atoms with Gasteiger partial charge in [0, 0.05) is 34.6 Å². The van der Waals surface area contributed by atoms with E-state index in [-0.39, 0.29) is 29.9 Å². The molecule has 4 aromatic rings. The number of fused-ring (bicyclic) bond motifs is 2. The van der Waals surface area contributed by atoms with Gasteiger partial charge in [0.05, 0.1) is 11.7 Å². The number of hydrogen-bond donors (Lipinski definition) is 1. The Morgan fingerprint density at radius 1 is 0.912 bits per heavy atom. The number of carbonyl (C=O) groups is 2. The van der Waals surface area contributed by atoms with Crippen molar-refractivity contribution in [2.24, 2.45) is 7.05 Å². The van der Waals surface area contributed by atoms with Crippen molar-refractivity contribution >= 4 is 22.7 Å². The molecule has 0 saturated carbocycles. The molecule has 1 atom stereocenters. The summed E-state index contributed by atoms with van der Waals surface area (Å²) >= 11 is 0. The zero-order valence-corrected chi connectivity index (χ0v) is 20.0.